The van der Waals surface area contributed by atoms with Gasteiger partial charge in [-0.05, 0) is 49.4 Å². The molecule has 1 atom stereocenters. The third-order valence-corrected chi connectivity index (χ3v) is 3.89. The molecule has 1 unspecified atom stereocenters. The normalized spacial score (nSPS) is 12.7. The number of halogens is 1. The molecule has 21 heavy (non-hydrogen) atoms. The van der Waals surface area contributed by atoms with E-state index in [0.717, 1.165) is 28.8 Å². The van der Waals surface area contributed by atoms with Crippen molar-refractivity contribution in [2.75, 3.05) is 7.05 Å². The summed E-state index contributed by atoms with van der Waals surface area (Å²) in [5.74, 6) is 0.850. The van der Waals surface area contributed by atoms with E-state index in [1.807, 2.05) is 43.6 Å². The Hall–Kier alpha value is -1.84. The van der Waals surface area contributed by atoms with E-state index in [4.69, 9.17) is 16.0 Å². The molecule has 0 fully saturated rings. The highest BCUT2D eigenvalue weighted by molar-refractivity contribution is 6.31. The molecule has 3 rings (SSSR count). The average Bonchev–Trinajstić information content (AvgIpc) is 2.91. The van der Waals surface area contributed by atoms with Crippen LogP contribution in [-0.4, -0.2) is 12.0 Å². The maximum Gasteiger partial charge on any atom is 0.134 e. The van der Waals surface area contributed by atoms with Gasteiger partial charge in [0.1, 0.15) is 17.4 Å². The predicted octanol–water partition coefficient (Wildman–Crippen LogP) is 4.35. The molecule has 0 spiro atoms. The molecule has 4 heteroatoms. The molecular formula is C17H17ClN2O. The molecule has 3 aromatic rings. The first kappa shape index (κ1) is 14.1. The van der Waals surface area contributed by atoms with Crippen molar-refractivity contribution in [3.63, 3.8) is 0 Å². The van der Waals surface area contributed by atoms with Gasteiger partial charge in [0.25, 0.3) is 0 Å². The first-order valence-electron chi connectivity index (χ1n) is 7.03. The maximum atomic E-state index is 6.04. The Kier molecular flexibility index (Phi) is 3.95. The van der Waals surface area contributed by atoms with E-state index in [1.165, 1.54) is 5.56 Å². The molecule has 0 aliphatic heterocycles. The Bertz CT molecular complexity index is 766. The Morgan fingerprint density at radius 3 is 2.90 bits per heavy atom. The fourth-order valence-corrected chi connectivity index (χ4v) is 2.78. The van der Waals surface area contributed by atoms with Crippen molar-refractivity contribution in [1.82, 2.24) is 10.3 Å². The molecule has 0 aliphatic rings. The number of rotatable bonds is 4. The molecule has 3 nitrogen and oxygen atoms in total. The van der Waals surface area contributed by atoms with Crippen LogP contribution in [0.3, 0.4) is 0 Å². The van der Waals surface area contributed by atoms with Crippen molar-refractivity contribution in [2.24, 2.45) is 0 Å². The number of aryl methyl sites for hydroxylation is 1. The smallest absolute Gasteiger partial charge is 0.134 e. The predicted molar refractivity (Wildman–Crippen MR) is 85.7 cm³/mol. The van der Waals surface area contributed by atoms with Crippen LogP contribution in [0, 0.1) is 0 Å². The van der Waals surface area contributed by atoms with E-state index in [-0.39, 0.29) is 6.04 Å². The zero-order valence-corrected chi connectivity index (χ0v) is 12.8. The van der Waals surface area contributed by atoms with Crippen molar-refractivity contribution < 1.29 is 4.42 Å². The van der Waals surface area contributed by atoms with Gasteiger partial charge in [0, 0.05) is 16.6 Å². The van der Waals surface area contributed by atoms with Crippen LogP contribution in [0.4, 0.5) is 0 Å². The fourth-order valence-electron chi connectivity index (χ4n) is 2.60. The number of pyridine rings is 1. The topological polar surface area (TPSA) is 38.1 Å². The molecule has 2 heterocycles. The van der Waals surface area contributed by atoms with Gasteiger partial charge in [-0.2, -0.15) is 0 Å². The van der Waals surface area contributed by atoms with Crippen LogP contribution in [-0.2, 0) is 6.42 Å². The largest absolute Gasteiger partial charge is 0.459 e. The van der Waals surface area contributed by atoms with Crippen LogP contribution in [0.2, 0.25) is 5.02 Å². The Morgan fingerprint density at radius 2 is 2.14 bits per heavy atom. The first-order chi connectivity index (χ1) is 10.2. The summed E-state index contributed by atoms with van der Waals surface area (Å²) in [7, 11) is 1.92. The van der Waals surface area contributed by atoms with Gasteiger partial charge in [-0.3, -0.25) is 4.98 Å². The number of hydrogen-bond donors (Lipinski definition) is 1. The second kappa shape index (κ2) is 5.88. The standard InChI is InChI=1S/C17H17ClN2O/c1-3-11-5-4-8-20-16(11)17(19-2)15-10-12-9-13(18)6-7-14(12)21-15/h4-10,17,19H,3H2,1-2H3. The second-order valence-electron chi connectivity index (χ2n) is 4.95. The van der Waals surface area contributed by atoms with E-state index < -0.39 is 0 Å². The van der Waals surface area contributed by atoms with Crippen LogP contribution in [0.1, 0.15) is 30.0 Å². The van der Waals surface area contributed by atoms with Crippen molar-refractivity contribution >= 4 is 22.6 Å². The lowest BCUT2D eigenvalue weighted by Gasteiger charge is -2.16. The molecule has 0 saturated heterocycles. The zero-order valence-electron chi connectivity index (χ0n) is 12.1. The Labute approximate surface area is 128 Å². The molecule has 1 N–H and O–H groups in total. The van der Waals surface area contributed by atoms with Gasteiger partial charge in [0.05, 0.1) is 5.69 Å². The molecule has 0 bridgehead atoms. The molecule has 0 aliphatic carbocycles. The van der Waals surface area contributed by atoms with E-state index in [2.05, 4.69) is 23.3 Å². The zero-order chi connectivity index (χ0) is 14.8. The van der Waals surface area contributed by atoms with Crippen molar-refractivity contribution in [1.29, 1.82) is 0 Å². The van der Waals surface area contributed by atoms with Gasteiger partial charge in [0.15, 0.2) is 0 Å². The van der Waals surface area contributed by atoms with Gasteiger partial charge < -0.3 is 9.73 Å². The van der Waals surface area contributed by atoms with Gasteiger partial charge in [-0.15, -0.1) is 0 Å². The molecule has 2 aromatic heterocycles. The number of nitrogens with one attached hydrogen (secondary N) is 1. The number of hydrogen-bond acceptors (Lipinski definition) is 3. The Balaban J connectivity index is 2.09. The first-order valence-corrected chi connectivity index (χ1v) is 7.40. The lowest BCUT2D eigenvalue weighted by molar-refractivity contribution is 0.484. The van der Waals surface area contributed by atoms with Crippen molar-refractivity contribution in [2.45, 2.75) is 19.4 Å². The van der Waals surface area contributed by atoms with Crippen LogP contribution >= 0.6 is 11.6 Å². The molecule has 0 radical (unpaired) electrons. The lowest BCUT2D eigenvalue weighted by Crippen LogP contribution is -2.19. The third-order valence-electron chi connectivity index (χ3n) is 3.65. The van der Waals surface area contributed by atoms with E-state index >= 15 is 0 Å². The van der Waals surface area contributed by atoms with Gasteiger partial charge in [-0.25, -0.2) is 0 Å². The summed E-state index contributed by atoms with van der Waals surface area (Å²) in [5, 5.41) is 5.01. The summed E-state index contributed by atoms with van der Waals surface area (Å²) in [5.41, 5.74) is 3.06. The monoisotopic (exact) mass is 300 g/mol. The number of furan rings is 1. The SMILES string of the molecule is CCc1cccnc1C(NC)c1cc2cc(Cl)ccc2o1. The minimum absolute atomic E-state index is 0.0627. The Morgan fingerprint density at radius 1 is 1.29 bits per heavy atom. The number of fused-ring (bicyclic) bond motifs is 1. The van der Waals surface area contributed by atoms with E-state index in [0.29, 0.717) is 5.02 Å². The summed E-state index contributed by atoms with van der Waals surface area (Å²) in [6, 6.07) is 11.7. The van der Waals surface area contributed by atoms with Gasteiger partial charge in [0.2, 0.25) is 0 Å². The number of aromatic nitrogens is 1. The minimum Gasteiger partial charge on any atom is -0.459 e. The van der Waals surface area contributed by atoms with E-state index in [9.17, 15) is 0 Å². The van der Waals surface area contributed by atoms with Crippen LogP contribution in [0.25, 0.3) is 11.0 Å². The minimum atomic E-state index is -0.0627. The van der Waals surface area contributed by atoms with Crippen LogP contribution in [0.15, 0.2) is 47.0 Å². The highest BCUT2D eigenvalue weighted by atomic mass is 35.5. The summed E-state index contributed by atoms with van der Waals surface area (Å²) in [4.78, 5) is 4.54. The number of benzene rings is 1. The maximum absolute atomic E-state index is 6.04. The highest BCUT2D eigenvalue weighted by Gasteiger charge is 2.20. The number of nitrogens with zero attached hydrogens (tertiary/aromatic N) is 1. The summed E-state index contributed by atoms with van der Waals surface area (Å²) in [6.07, 6.45) is 2.76. The molecular weight excluding hydrogens is 284 g/mol. The molecule has 1 aromatic carbocycles. The second-order valence-corrected chi connectivity index (χ2v) is 5.39. The van der Waals surface area contributed by atoms with Gasteiger partial charge >= 0.3 is 0 Å². The molecule has 0 amide bonds. The summed E-state index contributed by atoms with van der Waals surface area (Å²) >= 11 is 6.04. The highest BCUT2D eigenvalue weighted by Crippen LogP contribution is 2.30. The quantitative estimate of drug-likeness (QED) is 0.778. The molecule has 0 saturated carbocycles. The van der Waals surface area contributed by atoms with Crippen molar-refractivity contribution in [3.05, 3.63) is 64.6 Å². The third kappa shape index (κ3) is 2.67. The van der Waals surface area contributed by atoms with E-state index in [1.54, 1.807) is 0 Å². The lowest BCUT2D eigenvalue weighted by atomic mass is 10.0. The summed E-state index contributed by atoms with van der Waals surface area (Å²) in [6.45, 7) is 2.13. The van der Waals surface area contributed by atoms with Gasteiger partial charge in [-0.1, -0.05) is 24.6 Å². The fraction of sp³-hybridized carbons (Fsp3) is 0.235. The van der Waals surface area contributed by atoms with Crippen LogP contribution in [0.5, 0.6) is 0 Å². The summed E-state index contributed by atoms with van der Waals surface area (Å²) < 4.78 is 5.97. The molecule has 108 valence electrons. The van der Waals surface area contributed by atoms with Crippen LogP contribution < -0.4 is 5.32 Å². The van der Waals surface area contributed by atoms with Crippen molar-refractivity contribution in [3.8, 4) is 0 Å². The average molecular weight is 301 g/mol.